The highest BCUT2D eigenvalue weighted by atomic mass is 32.1. The molecule has 7 heteroatoms. The van der Waals surface area contributed by atoms with Crippen LogP contribution in [0.25, 0.3) is 0 Å². The molecule has 0 aromatic carbocycles. The Bertz CT molecular complexity index is 593. The van der Waals surface area contributed by atoms with E-state index in [-0.39, 0.29) is 29.9 Å². The third-order valence-electron chi connectivity index (χ3n) is 5.77. The lowest BCUT2D eigenvalue weighted by molar-refractivity contribution is -0.147. The number of piperidine rings is 1. The minimum atomic E-state index is -0.195. The van der Waals surface area contributed by atoms with E-state index in [9.17, 15) is 9.59 Å². The van der Waals surface area contributed by atoms with Crippen LogP contribution < -0.4 is 4.90 Å². The highest BCUT2D eigenvalue weighted by molar-refractivity contribution is 7.13. The molecule has 1 saturated carbocycles. The first-order valence-corrected chi connectivity index (χ1v) is 10.5. The Hall–Kier alpha value is -1.47. The van der Waals surface area contributed by atoms with Crippen LogP contribution in [0, 0.1) is 5.92 Å². The Morgan fingerprint density at radius 2 is 1.92 bits per heavy atom. The molecular weight excluding hydrogens is 350 g/mol. The van der Waals surface area contributed by atoms with Gasteiger partial charge in [0.15, 0.2) is 5.13 Å². The molecule has 1 unspecified atom stereocenters. The van der Waals surface area contributed by atoms with Crippen molar-refractivity contribution in [2.75, 3.05) is 25.1 Å². The molecule has 1 aliphatic carbocycles. The number of carbonyl (C=O) groups is 2. The number of aromatic nitrogens is 1. The molecule has 144 valence electrons. The lowest BCUT2D eigenvalue weighted by Gasteiger charge is -2.39. The topological polar surface area (TPSA) is 62.7 Å². The van der Waals surface area contributed by atoms with Gasteiger partial charge < -0.3 is 4.74 Å². The number of rotatable bonds is 5. The van der Waals surface area contributed by atoms with Gasteiger partial charge in [0.1, 0.15) is 0 Å². The molecule has 6 nitrogen and oxygen atoms in total. The Morgan fingerprint density at radius 1 is 1.23 bits per heavy atom. The Morgan fingerprint density at radius 3 is 2.50 bits per heavy atom. The first-order chi connectivity index (χ1) is 12.6. The van der Waals surface area contributed by atoms with Crippen LogP contribution in [0.15, 0.2) is 11.6 Å². The molecule has 0 bridgehead atoms. The van der Waals surface area contributed by atoms with Gasteiger partial charge in [0.25, 0.3) is 0 Å². The van der Waals surface area contributed by atoms with E-state index in [0.717, 1.165) is 43.9 Å². The molecule has 1 aromatic rings. The first-order valence-electron chi connectivity index (χ1n) is 9.66. The Labute approximate surface area is 159 Å². The molecule has 0 spiro atoms. The number of amides is 1. The summed E-state index contributed by atoms with van der Waals surface area (Å²) < 4.78 is 4.86. The number of likely N-dealkylation sites (tertiary alicyclic amines) is 1. The maximum atomic E-state index is 13.4. The lowest BCUT2D eigenvalue weighted by atomic mass is 9.93. The predicted octanol–water partition coefficient (Wildman–Crippen LogP) is 3.08. The van der Waals surface area contributed by atoms with Gasteiger partial charge >= 0.3 is 5.97 Å². The highest BCUT2D eigenvalue weighted by Crippen LogP contribution is 2.30. The Balaban J connectivity index is 1.67. The fraction of sp³-hybridized carbons (Fsp3) is 0.737. The number of anilines is 1. The van der Waals surface area contributed by atoms with Gasteiger partial charge in [-0.2, -0.15) is 0 Å². The van der Waals surface area contributed by atoms with E-state index in [1.165, 1.54) is 37.7 Å². The highest BCUT2D eigenvalue weighted by Gasteiger charge is 2.36. The van der Waals surface area contributed by atoms with Gasteiger partial charge in [-0.15, -0.1) is 11.3 Å². The number of methoxy groups -OCH3 is 1. The van der Waals surface area contributed by atoms with Gasteiger partial charge in [-0.05, 0) is 45.7 Å². The quantitative estimate of drug-likeness (QED) is 0.736. The van der Waals surface area contributed by atoms with E-state index in [2.05, 4.69) is 9.88 Å². The smallest absolute Gasteiger partial charge is 0.308 e. The molecule has 26 heavy (non-hydrogen) atoms. The van der Waals surface area contributed by atoms with Crippen LogP contribution in [0.1, 0.15) is 51.9 Å². The van der Waals surface area contributed by atoms with E-state index in [0.29, 0.717) is 0 Å². The standard InChI is InChI=1S/C19H29N3O3S/c1-14(21-11-8-15(9-12-21)18(24)25-2)17(23)22(19-20-10-13-26-19)16-6-4-3-5-7-16/h10,13-16H,3-9,11-12H2,1-2H3. The molecule has 2 aliphatic rings. The van der Waals surface area contributed by atoms with Crippen LogP contribution in [0.3, 0.4) is 0 Å². The normalized spacial score (nSPS) is 21.3. The summed E-state index contributed by atoms with van der Waals surface area (Å²) in [4.78, 5) is 33.7. The molecule has 1 atom stereocenters. The van der Waals surface area contributed by atoms with Crippen molar-refractivity contribution in [1.29, 1.82) is 0 Å². The van der Waals surface area contributed by atoms with Crippen LogP contribution in [0.5, 0.6) is 0 Å². The average molecular weight is 380 g/mol. The SMILES string of the molecule is COC(=O)C1CCN(C(C)C(=O)N(c2nccs2)C2CCCCC2)CC1. The third kappa shape index (κ3) is 4.26. The van der Waals surface area contributed by atoms with Crippen molar-refractivity contribution in [2.24, 2.45) is 5.92 Å². The van der Waals surface area contributed by atoms with Crippen molar-refractivity contribution >= 4 is 28.3 Å². The van der Waals surface area contributed by atoms with Crippen LogP contribution in [0.4, 0.5) is 5.13 Å². The number of carbonyl (C=O) groups excluding carboxylic acids is 2. The fourth-order valence-corrected chi connectivity index (χ4v) is 4.87. The van der Waals surface area contributed by atoms with Crippen molar-refractivity contribution in [2.45, 2.75) is 64.0 Å². The maximum Gasteiger partial charge on any atom is 0.308 e. The average Bonchev–Trinajstić information content (AvgIpc) is 3.22. The number of nitrogens with zero attached hydrogens (tertiary/aromatic N) is 3. The molecule has 1 aromatic heterocycles. The van der Waals surface area contributed by atoms with Crippen molar-refractivity contribution < 1.29 is 14.3 Å². The molecule has 2 heterocycles. The van der Waals surface area contributed by atoms with E-state index < -0.39 is 0 Å². The molecular formula is C19H29N3O3S. The minimum absolute atomic E-state index is 0.0352. The summed E-state index contributed by atoms with van der Waals surface area (Å²) in [7, 11) is 1.44. The largest absolute Gasteiger partial charge is 0.469 e. The molecule has 0 radical (unpaired) electrons. The van der Waals surface area contributed by atoms with Crippen LogP contribution >= 0.6 is 11.3 Å². The van der Waals surface area contributed by atoms with Gasteiger partial charge in [-0.25, -0.2) is 4.98 Å². The zero-order valence-corrected chi connectivity index (χ0v) is 16.5. The number of hydrogen-bond acceptors (Lipinski definition) is 6. The Kier molecular flexibility index (Phi) is 6.64. The molecule has 0 N–H and O–H groups in total. The maximum absolute atomic E-state index is 13.4. The second-order valence-corrected chi connectivity index (χ2v) is 8.20. The van der Waals surface area contributed by atoms with Crippen molar-refractivity contribution in [1.82, 2.24) is 9.88 Å². The van der Waals surface area contributed by atoms with E-state index in [1.54, 1.807) is 6.20 Å². The minimum Gasteiger partial charge on any atom is -0.469 e. The van der Waals surface area contributed by atoms with E-state index in [1.807, 2.05) is 17.2 Å². The molecule has 1 aliphatic heterocycles. The first kappa shape index (κ1) is 19.3. The summed E-state index contributed by atoms with van der Waals surface area (Å²) in [5.41, 5.74) is 0. The number of thiazole rings is 1. The monoisotopic (exact) mass is 379 g/mol. The predicted molar refractivity (Wildman–Crippen MR) is 102 cm³/mol. The van der Waals surface area contributed by atoms with Gasteiger partial charge in [0.2, 0.25) is 5.91 Å². The van der Waals surface area contributed by atoms with E-state index in [4.69, 9.17) is 4.74 Å². The molecule has 3 rings (SSSR count). The van der Waals surface area contributed by atoms with Crippen molar-refractivity contribution in [3.05, 3.63) is 11.6 Å². The van der Waals surface area contributed by atoms with Crippen LogP contribution in [-0.4, -0.2) is 54.0 Å². The van der Waals surface area contributed by atoms with Crippen molar-refractivity contribution in [3.63, 3.8) is 0 Å². The second-order valence-electron chi connectivity index (χ2n) is 7.32. The van der Waals surface area contributed by atoms with Crippen LogP contribution in [0.2, 0.25) is 0 Å². The second kappa shape index (κ2) is 8.95. The summed E-state index contributed by atoms with van der Waals surface area (Å²) in [5.74, 6) is -0.0226. The lowest BCUT2D eigenvalue weighted by Crippen LogP contribution is -2.53. The number of hydrogen-bond donors (Lipinski definition) is 0. The summed E-state index contributed by atoms with van der Waals surface area (Å²) in [5, 5.41) is 2.75. The summed E-state index contributed by atoms with van der Waals surface area (Å²) in [6.45, 7) is 3.50. The molecule has 2 fully saturated rings. The third-order valence-corrected chi connectivity index (χ3v) is 6.54. The summed E-state index contributed by atoms with van der Waals surface area (Å²) in [6.07, 6.45) is 9.01. The van der Waals surface area contributed by atoms with Crippen molar-refractivity contribution in [3.8, 4) is 0 Å². The van der Waals surface area contributed by atoms with E-state index >= 15 is 0 Å². The van der Waals surface area contributed by atoms with Gasteiger partial charge in [0.05, 0.1) is 19.1 Å². The molecule has 1 amide bonds. The number of esters is 1. The summed E-state index contributed by atoms with van der Waals surface area (Å²) in [6, 6.07) is 0.0666. The zero-order chi connectivity index (χ0) is 18.5. The van der Waals surface area contributed by atoms with Gasteiger partial charge in [-0.3, -0.25) is 19.4 Å². The van der Waals surface area contributed by atoms with Gasteiger partial charge in [-0.1, -0.05) is 19.3 Å². The summed E-state index contributed by atoms with van der Waals surface area (Å²) >= 11 is 1.54. The molecule has 1 saturated heterocycles. The number of ether oxygens (including phenoxy) is 1. The zero-order valence-electron chi connectivity index (χ0n) is 15.7. The van der Waals surface area contributed by atoms with Crippen LogP contribution in [-0.2, 0) is 14.3 Å². The van der Waals surface area contributed by atoms with Gasteiger partial charge in [0, 0.05) is 17.6 Å². The fourth-order valence-electron chi connectivity index (χ4n) is 4.15.